The predicted octanol–water partition coefficient (Wildman–Crippen LogP) is 3.60. The lowest BCUT2D eigenvalue weighted by Gasteiger charge is -2.08. The highest BCUT2D eigenvalue weighted by Crippen LogP contribution is 2.28. The van der Waals surface area contributed by atoms with Gasteiger partial charge in [0.25, 0.3) is 0 Å². The van der Waals surface area contributed by atoms with E-state index in [0.717, 1.165) is 18.7 Å². The molecule has 1 heterocycles. The Hall–Kier alpha value is -0.790. The zero-order valence-corrected chi connectivity index (χ0v) is 16.0. The van der Waals surface area contributed by atoms with Crippen LogP contribution in [0, 0.1) is 0 Å². The van der Waals surface area contributed by atoms with Gasteiger partial charge in [0, 0.05) is 12.7 Å². The van der Waals surface area contributed by atoms with Crippen molar-refractivity contribution in [1.29, 1.82) is 0 Å². The van der Waals surface area contributed by atoms with Crippen LogP contribution in [0.3, 0.4) is 0 Å². The maximum atomic E-state index is 5.87. The molecular weight excluding hydrogens is 389 g/mol. The number of aromatic nitrogens is 2. The van der Waals surface area contributed by atoms with E-state index >= 15 is 0 Å². The topological polar surface area (TPSA) is 68.2 Å². The summed E-state index contributed by atoms with van der Waals surface area (Å²) in [6.07, 6.45) is 12.2. The van der Waals surface area contributed by atoms with Gasteiger partial charge in [-0.25, -0.2) is 4.99 Å². The van der Waals surface area contributed by atoms with Crippen molar-refractivity contribution in [2.24, 2.45) is 10.7 Å². The van der Waals surface area contributed by atoms with Crippen molar-refractivity contribution in [2.75, 3.05) is 6.54 Å². The first-order valence-electron chi connectivity index (χ1n) is 8.37. The zero-order valence-electron chi connectivity index (χ0n) is 13.6. The Bertz CT molecular complexity index is 437. The normalized spacial score (nSPS) is 15.8. The van der Waals surface area contributed by atoms with Crippen LogP contribution in [0.25, 0.3) is 0 Å². The largest absolute Gasteiger partial charge is 0.370 e. The fraction of sp³-hybridized carbons (Fsp3) is 0.750. The second-order valence-electron chi connectivity index (χ2n) is 5.91. The Morgan fingerprint density at radius 2 is 2.14 bits per heavy atom. The summed E-state index contributed by atoms with van der Waals surface area (Å²) < 4.78 is 2.10. The summed E-state index contributed by atoms with van der Waals surface area (Å²) in [5.41, 5.74) is 6.87. The Morgan fingerprint density at radius 1 is 1.36 bits per heavy atom. The van der Waals surface area contributed by atoms with E-state index in [1.165, 1.54) is 44.9 Å². The van der Waals surface area contributed by atoms with Gasteiger partial charge in [0.2, 0.25) is 0 Å². The molecule has 0 atom stereocenters. The average molecular weight is 419 g/mol. The number of hydrogen-bond acceptors (Lipinski definition) is 2. The molecule has 0 aliphatic heterocycles. The number of halogens is 1. The number of guanidine groups is 1. The van der Waals surface area contributed by atoms with Gasteiger partial charge in [0.05, 0.1) is 18.3 Å². The van der Waals surface area contributed by atoms with E-state index in [9.17, 15) is 0 Å². The Kier molecular flexibility index (Phi) is 9.50. The first kappa shape index (κ1) is 19.3. The average Bonchev–Trinajstić information content (AvgIpc) is 3.15. The summed E-state index contributed by atoms with van der Waals surface area (Å²) in [5.74, 6) is 0.530. The summed E-state index contributed by atoms with van der Waals surface area (Å²) in [4.78, 5) is 4.36. The zero-order chi connectivity index (χ0) is 14.9. The first-order valence-corrected chi connectivity index (χ1v) is 8.37. The molecule has 0 spiro atoms. The van der Waals surface area contributed by atoms with Crippen molar-refractivity contribution in [1.82, 2.24) is 15.1 Å². The molecule has 1 aromatic rings. The molecule has 3 N–H and O–H groups in total. The van der Waals surface area contributed by atoms with Crippen molar-refractivity contribution in [3.63, 3.8) is 0 Å². The number of rotatable bonds is 8. The van der Waals surface area contributed by atoms with E-state index in [0.29, 0.717) is 18.5 Å². The van der Waals surface area contributed by atoms with E-state index < -0.39 is 0 Å². The molecule has 1 aliphatic carbocycles. The van der Waals surface area contributed by atoms with Gasteiger partial charge < -0.3 is 11.1 Å². The number of aliphatic imine (C=N–C) groups is 1. The highest BCUT2D eigenvalue weighted by atomic mass is 127. The lowest BCUT2D eigenvalue weighted by atomic mass is 10.2. The van der Waals surface area contributed by atoms with Gasteiger partial charge in [-0.2, -0.15) is 5.10 Å². The molecule has 0 saturated heterocycles. The molecule has 0 aromatic carbocycles. The lowest BCUT2D eigenvalue weighted by molar-refractivity contribution is 0.463. The van der Waals surface area contributed by atoms with E-state index in [4.69, 9.17) is 5.73 Å². The van der Waals surface area contributed by atoms with Crippen LogP contribution in [-0.2, 0) is 6.54 Å². The molecular formula is C16H30IN5. The summed E-state index contributed by atoms with van der Waals surface area (Å²) in [5, 5.41) is 7.78. The Balaban J connectivity index is 0.00000242. The monoisotopic (exact) mass is 419 g/mol. The van der Waals surface area contributed by atoms with Gasteiger partial charge >= 0.3 is 0 Å². The molecule has 2 rings (SSSR count). The fourth-order valence-electron chi connectivity index (χ4n) is 2.82. The third-order valence-electron chi connectivity index (χ3n) is 4.11. The Morgan fingerprint density at radius 3 is 2.86 bits per heavy atom. The Labute approximate surface area is 151 Å². The molecule has 1 aromatic heterocycles. The van der Waals surface area contributed by atoms with Gasteiger partial charge in [-0.05, 0) is 25.3 Å². The minimum absolute atomic E-state index is 0. The highest BCUT2D eigenvalue weighted by Gasteiger charge is 2.17. The maximum Gasteiger partial charge on any atom is 0.188 e. The van der Waals surface area contributed by atoms with Crippen molar-refractivity contribution >= 4 is 29.9 Å². The van der Waals surface area contributed by atoms with Gasteiger partial charge in [-0.1, -0.05) is 39.0 Å². The molecule has 0 unspecified atom stereocenters. The van der Waals surface area contributed by atoms with Gasteiger partial charge in [-0.15, -0.1) is 24.0 Å². The third kappa shape index (κ3) is 6.54. The van der Waals surface area contributed by atoms with Gasteiger partial charge in [-0.3, -0.25) is 4.68 Å². The van der Waals surface area contributed by atoms with Crippen LogP contribution >= 0.6 is 24.0 Å². The third-order valence-corrected chi connectivity index (χ3v) is 4.11. The minimum atomic E-state index is 0. The minimum Gasteiger partial charge on any atom is -0.370 e. The van der Waals surface area contributed by atoms with Crippen LogP contribution in [0.5, 0.6) is 0 Å². The number of nitrogens with zero attached hydrogens (tertiary/aromatic N) is 3. The van der Waals surface area contributed by atoms with E-state index in [-0.39, 0.29) is 24.0 Å². The molecule has 126 valence electrons. The molecule has 22 heavy (non-hydrogen) atoms. The molecule has 0 radical (unpaired) electrons. The summed E-state index contributed by atoms with van der Waals surface area (Å²) in [7, 11) is 0. The lowest BCUT2D eigenvalue weighted by Crippen LogP contribution is -2.32. The number of nitrogens with two attached hydrogens (primary N) is 1. The van der Waals surface area contributed by atoms with Crippen molar-refractivity contribution in [3.05, 3.63) is 18.0 Å². The summed E-state index contributed by atoms with van der Waals surface area (Å²) in [6.45, 7) is 3.69. The van der Waals surface area contributed by atoms with Crippen molar-refractivity contribution in [3.8, 4) is 0 Å². The molecule has 1 saturated carbocycles. The molecule has 1 fully saturated rings. The van der Waals surface area contributed by atoms with Crippen molar-refractivity contribution < 1.29 is 0 Å². The molecule has 1 aliphatic rings. The van der Waals surface area contributed by atoms with Crippen LogP contribution in [-0.4, -0.2) is 22.3 Å². The summed E-state index contributed by atoms with van der Waals surface area (Å²) >= 11 is 0. The van der Waals surface area contributed by atoms with E-state index in [1.807, 2.05) is 0 Å². The van der Waals surface area contributed by atoms with E-state index in [1.54, 1.807) is 0 Å². The molecule has 5 nitrogen and oxygen atoms in total. The highest BCUT2D eigenvalue weighted by molar-refractivity contribution is 14.0. The second-order valence-corrected chi connectivity index (χ2v) is 5.91. The maximum absolute atomic E-state index is 5.87. The fourth-order valence-corrected chi connectivity index (χ4v) is 2.82. The van der Waals surface area contributed by atoms with Crippen LogP contribution in [0.1, 0.15) is 70.0 Å². The number of nitrogens with one attached hydrogen (secondary N) is 1. The van der Waals surface area contributed by atoms with Gasteiger partial charge in [0.1, 0.15) is 0 Å². The molecule has 6 heteroatoms. The van der Waals surface area contributed by atoms with Crippen LogP contribution in [0.15, 0.2) is 17.3 Å². The standard InChI is InChI=1S/C16H29N5.HI/c1-2-3-4-7-11-18-16(17)19-13-14-10-12-21(20-14)15-8-5-6-9-15;/h10,12,15H,2-9,11,13H2,1H3,(H3,17,18,19);1H. The predicted molar refractivity (Wildman–Crippen MR) is 103 cm³/mol. The van der Waals surface area contributed by atoms with Crippen LogP contribution in [0.4, 0.5) is 0 Å². The van der Waals surface area contributed by atoms with Crippen LogP contribution < -0.4 is 11.1 Å². The van der Waals surface area contributed by atoms with E-state index in [2.05, 4.69) is 39.3 Å². The number of unbranched alkanes of at least 4 members (excludes halogenated alkanes) is 3. The number of hydrogen-bond donors (Lipinski definition) is 2. The smallest absolute Gasteiger partial charge is 0.188 e. The SMILES string of the molecule is CCCCCCNC(N)=NCc1ccn(C2CCCC2)n1.I. The van der Waals surface area contributed by atoms with Crippen LogP contribution in [0.2, 0.25) is 0 Å². The van der Waals surface area contributed by atoms with Gasteiger partial charge in [0.15, 0.2) is 5.96 Å². The molecule has 0 bridgehead atoms. The second kappa shape index (κ2) is 10.9. The quantitative estimate of drug-likeness (QED) is 0.293. The van der Waals surface area contributed by atoms with Crippen molar-refractivity contribution in [2.45, 2.75) is 70.9 Å². The first-order chi connectivity index (χ1) is 10.3. The summed E-state index contributed by atoms with van der Waals surface area (Å²) in [6, 6.07) is 2.65. The molecule has 0 amide bonds.